The van der Waals surface area contributed by atoms with E-state index >= 15 is 0 Å². The van der Waals surface area contributed by atoms with Crippen LogP contribution < -0.4 is 0 Å². The smallest absolute Gasteiger partial charge is 0.306 e. The van der Waals surface area contributed by atoms with Crippen molar-refractivity contribution in [1.82, 2.24) is 14.7 Å². The number of hydrogen-bond acceptors (Lipinski definition) is 5. The molecule has 1 aliphatic rings. The lowest BCUT2D eigenvalue weighted by Gasteiger charge is -2.34. The molecular weight excluding hydrogens is 340 g/mol. The molecule has 1 fully saturated rings. The van der Waals surface area contributed by atoms with Crippen LogP contribution >= 0.6 is 0 Å². The number of rotatable bonds is 4. The Kier molecular flexibility index (Phi) is 4.70. The van der Waals surface area contributed by atoms with Crippen molar-refractivity contribution in [3.63, 3.8) is 0 Å². The minimum absolute atomic E-state index is 0.0208. The van der Waals surface area contributed by atoms with Crippen LogP contribution in [0.15, 0.2) is 36.5 Å². The van der Waals surface area contributed by atoms with Crippen LogP contribution in [-0.2, 0) is 4.79 Å². The van der Waals surface area contributed by atoms with Gasteiger partial charge in [-0.1, -0.05) is 6.92 Å². The standard InChI is InChI=1S/C17H18N4O5/c1-11-10-19(8-6-14(11)17(23)24)16(22)15-7-9-20(18-15)12-2-4-13(5-3-12)21(25)26/h2-5,7,9,11,14H,6,8,10H2,1H3,(H,23,24). The van der Waals surface area contributed by atoms with Gasteiger partial charge in [0.25, 0.3) is 11.6 Å². The van der Waals surface area contributed by atoms with Crippen molar-refractivity contribution in [3.05, 3.63) is 52.3 Å². The van der Waals surface area contributed by atoms with E-state index in [1.165, 1.54) is 16.8 Å². The molecule has 2 heterocycles. The van der Waals surface area contributed by atoms with Gasteiger partial charge in [-0.2, -0.15) is 5.10 Å². The largest absolute Gasteiger partial charge is 0.481 e. The summed E-state index contributed by atoms with van der Waals surface area (Å²) in [5.41, 5.74) is 0.837. The summed E-state index contributed by atoms with van der Waals surface area (Å²) in [6.07, 6.45) is 2.03. The number of hydrogen-bond donors (Lipinski definition) is 1. The van der Waals surface area contributed by atoms with Gasteiger partial charge in [0.05, 0.1) is 16.5 Å². The third-order valence-electron chi connectivity index (χ3n) is 4.64. The van der Waals surface area contributed by atoms with Crippen LogP contribution in [0.5, 0.6) is 0 Å². The highest BCUT2D eigenvalue weighted by molar-refractivity contribution is 5.92. The highest BCUT2D eigenvalue weighted by atomic mass is 16.6. The summed E-state index contributed by atoms with van der Waals surface area (Å²) in [5.74, 6) is -1.63. The Morgan fingerprint density at radius 2 is 1.96 bits per heavy atom. The molecule has 1 aromatic carbocycles. The fourth-order valence-corrected chi connectivity index (χ4v) is 3.17. The van der Waals surface area contributed by atoms with Crippen LogP contribution in [0.4, 0.5) is 5.69 Å². The van der Waals surface area contributed by atoms with Crippen molar-refractivity contribution in [2.75, 3.05) is 13.1 Å². The van der Waals surface area contributed by atoms with Gasteiger partial charge >= 0.3 is 5.97 Å². The lowest BCUT2D eigenvalue weighted by atomic mass is 9.87. The number of benzene rings is 1. The van der Waals surface area contributed by atoms with E-state index in [0.717, 1.165) is 0 Å². The number of amides is 1. The summed E-state index contributed by atoms with van der Waals surface area (Å²) >= 11 is 0. The topological polar surface area (TPSA) is 119 Å². The predicted octanol–water partition coefficient (Wildman–Crippen LogP) is 1.96. The summed E-state index contributed by atoms with van der Waals surface area (Å²) in [4.78, 5) is 35.6. The first-order valence-corrected chi connectivity index (χ1v) is 8.19. The van der Waals surface area contributed by atoms with Crippen molar-refractivity contribution in [3.8, 4) is 5.69 Å². The van der Waals surface area contributed by atoms with Gasteiger partial charge in [0.2, 0.25) is 0 Å². The fraction of sp³-hybridized carbons (Fsp3) is 0.353. The van der Waals surface area contributed by atoms with E-state index in [9.17, 15) is 24.8 Å². The Balaban J connectivity index is 1.72. The van der Waals surface area contributed by atoms with E-state index < -0.39 is 16.8 Å². The van der Waals surface area contributed by atoms with Crippen molar-refractivity contribution in [1.29, 1.82) is 0 Å². The summed E-state index contributed by atoms with van der Waals surface area (Å²) < 4.78 is 1.48. The maximum atomic E-state index is 12.6. The second-order valence-corrected chi connectivity index (χ2v) is 6.38. The monoisotopic (exact) mass is 358 g/mol. The van der Waals surface area contributed by atoms with Gasteiger partial charge in [0.1, 0.15) is 0 Å². The quantitative estimate of drug-likeness (QED) is 0.659. The molecule has 2 atom stereocenters. The molecule has 0 spiro atoms. The number of non-ortho nitro benzene ring substituents is 1. The van der Waals surface area contributed by atoms with Gasteiger partial charge in [0.15, 0.2) is 5.69 Å². The third kappa shape index (κ3) is 3.41. The minimum Gasteiger partial charge on any atom is -0.481 e. The van der Waals surface area contributed by atoms with E-state index in [-0.39, 0.29) is 23.2 Å². The van der Waals surface area contributed by atoms with E-state index in [1.807, 2.05) is 6.92 Å². The van der Waals surface area contributed by atoms with Crippen LogP contribution in [0.3, 0.4) is 0 Å². The van der Waals surface area contributed by atoms with Crippen LogP contribution in [0.25, 0.3) is 5.69 Å². The first-order chi connectivity index (χ1) is 12.4. The molecule has 0 aliphatic carbocycles. The molecule has 0 radical (unpaired) electrons. The molecule has 0 bridgehead atoms. The molecule has 1 saturated heterocycles. The Hall–Kier alpha value is -3.23. The van der Waals surface area contributed by atoms with Crippen LogP contribution in [0, 0.1) is 22.0 Å². The molecule has 136 valence electrons. The summed E-state index contributed by atoms with van der Waals surface area (Å²) in [7, 11) is 0. The SMILES string of the molecule is CC1CN(C(=O)c2ccn(-c3ccc([N+](=O)[O-])cc3)n2)CCC1C(=O)O. The number of nitrogens with zero attached hydrogens (tertiary/aromatic N) is 4. The number of nitro groups is 1. The minimum atomic E-state index is -0.827. The van der Waals surface area contributed by atoms with Gasteiger partial charge in [-0.25, -0.2) is 4.68 Å². The first kappa shape index (κ1) is 17.6. The number of carbonyl (C=O) groups excluding carboxylic acids is 1. The number of carboxylic acids is 1. The number of carbonyl (C=O) groups is 2. The van der Waals surface area contributed by atoms with E-state index in [4.69, 9.17) is 0 Å². The second kappa shape index (κ2) is 6.95. The van der Waals surface area contributed by atoms with Crippen molar-refractivity contribution >= 4 is 17.6 Å². The average Bonchev–Trinajstić information content (AvgIpc) is 3.10. The molecular formula is C17H18N4O5. The molecule has 1 amide bonds. The van der Waals surface area contributed by atoms with Crippen LogP contribution in [0.2, 0.25) is 0 Å². The van der Waals surface area contributed by atoms with Gasteiger partial charge in [0, 0.05) is 31.4 Å². The fourth-order valence-electron chi connectivity index (χ4n) is 3.17. The van der Waals surface area contributed by atoms with E-state index in [0.29, 0.717) is 25.2 Å². The first-order valence-electron chi connectivity index (χ1n) is 8.19. The van der Waals surface area contributed by atoms with Gasteiger partial charge in [-0.3, -0.25) is 19.7 Å². The molecule has 0 saturated carbocycles. The lowest BCUT2D eigenvalue weighted by Crippen LogP contribution is -2.45. The molecule has 2 aromatic rings. The molecule has 26 heavy (non-hydrogen) atoms. The molecule has 3 rings (SSSR count). The molecule has 1 N–H and O–H groups in total. The van der Waals surface area contributed by atoms with Crippen molar-refractivity contribution < 1.29 is 19.6 Å². The van der Waals surface area contributed by atoms with E-state index in [1.54, 1.807) is 29.3 Å². The maximum absolute atomic E-state index is 12.6. The zero-order valence-electron chi connectivity index (χ0n) is 14.1. The number of nitro benzene ring substituents is 1. The lowest BCUT2D eigenvalue weighted by molar-refractivity contribution is -0.384. The number of piperidine rings is 1. The van der Waals surface area contributed by atoms with Gasteiger partial charge < -0.3 is 10.0 Å². The zero-order valence-corrected chi connectivity index (χ0v) is 14.1. The number of aromatic nitrogens is 2. The predicted molar refractivity (Wildman–Crippen MR) is 91.0 cm³/mol. The Morgan fingerprint density at radius 1 is 1.27 bits per heavy atom. The highest BCUT2D eigenvalue weighted by Crippen LogP contribution is 2.24. The molecule has 2 unspecified atom stereocenters. The van der Waals surface area contributed by atoms with Crippen molar-refractivity contribution in [2.45, 2.75) is 13.3 Å². The Bertz CT molecular complexity index is 845. The second-order valence-electron chi connectivity index (χ2n) is 6.38. The molecule has 9 heteroatoms. The summed E-state index contributed by atoms with van der Waals surface area (Å²) in [6.45, 7) is 2.58. The van der Waals surface area contributed by atoms with Crippen LogP contribution in [-0.4, -0.2) is 49.7 Å². The number of carboxylic acid groups (broad SMARTS) is 1. The number of likely N-dealkylation sites (tertiary alicyclic amines) is 1. The third-order valence-corrected chi connectivity index (χ3v) is 4.64. The highest BCUT2D eigenvalue weighted by Gasteiger charge is 2.33. The normalized spacial score (nSPS) is 20.0. The summed E-state index contributed by atoms with van der Waals surface area (Å²) in [5, 5.41) is 24.1. The maximum Gasteiger partial charge on any atom is 0.306 e. The number of aliphatic carboxylic acids is 1. The summed E-state index contributed by atoms with van der Waals surface area (Å²) in [6, 6.07) is 7.44. The Labute approximate surface area is 149 Å². The molecule has 1 aliphatic heterocycles. The average molecular weight is 358 g/mol. The van der Waals surface area contributed by atoms with Gasteiger partial charge in [-0.05, 0) is 30.5 Å². The van der Waals surface area contributed by atoms with Crippen molar-refractivity contribution in [2.24, 2.45) is 11.8 Å². The Morgan fingerprint density at radius 3 is 2.54 bits per heavy atom. The van der Waals surface area contributed by atoms with Gasteiger partial charge in [-0.15, -0.1) is 0 Å². The molecule has 9 nitrogen and oxygen atoms in total. The molecule has 1 aromatic heterocycles. The van der Waals surface area contributed by atoms with Crippen LogP contribution in [0.1, 0.15) is 23.8 Å². The zero-order chi connectivity index (χ0) is 18.8. The van der Waals surface area contributed by atoms with E-state index in [2.05, 4.69) is 5.10 Å².